The zero-order chi connectivity index (χ0) is 15.0. The van der Waals surface area contributed by atoms with Crippen LogP contribution in [0.2, 0.25) is 0 Å². The van der Waals surface area contributed by atoms with Crippen molar-refractivity contribution in [2.24, 2.45) is 0 Å². The lowest BCUT2D eigenvalue weighted by Crippen LogP contribution is -2.19. The van der Waals surface area contributed by atoms with Crippen molar-refractivity contribution in [1.82, 2.24) is 9.55 Å². The molecule has 2 nitrogen and oxygen atoms in total. The molecule has 7 heteroatoms. The molecular weight excluding hydrogens is 292 g/mol. The van der Waals surface area contributed by atoms with Crippen molar-refractivity contribution in [2.75, 3.05) is 0 Å². The monoisotopic (exact) mass is 304 g/mol. The van der Waals surface area contributed by atoms with Gasteiger partial charge < -0.3 is 0 Å². The van der Waals surface area contributed by atoms with Crippen molar-refractivity contribution < 1.29 is 17.1 Å². The molecule has 0 saturated heterocycles. The van der Waals surface area contributed by atoms with E-state index in [0.717, 1.165) is 12.4 Å². The summed E-state index contributed by atoms with van der Waals surface area (Å²) in [7, 11) is 0. The van der Waals surface area contributed by atoms with Crippen LogP contribution in [-0.4, -0.2) is 9.55 Å². The van der Waals surface area contributed by atoms with Gasteiger partial charge in [-0.3, -0.25) is 0 Å². The number of aromatic nitrogens is 2. The molecule has 0 bridgehead atoms. The molecule has 2 aromatic rings. The summed E-state index contributed by atoms with van der Waals surface area (Å²) in [6, 6.07) is 6.39. The minimum absolute atomic E-state index is 0.0867. The molecule has 0 atom stereocenters. The smallest absolute Gasteiger partial charge is 0.241 e. The van der Waals surface area contributed by atoms with Crippen LogP contribution >= 0.6 is 12.1 Å². The normalized spacial score (nSPS) is 12.7. The Morgan fingerprint density at radius 1 is 1.15 bits per heavy atom. The molecule has 0 N–H and O–H groups in total. The number of rotatable bonds is 3. The molecule has 0 aliphatic heterocycles. The summed E-state index contributed by atoms with van der Waals surface area (Å²) >= 11 is 0.0867. The Morgan fingerprint density at radius 2 is 1.80 bits per heavy atom. The van der Waals surface area contributed by atoms with Gasteiger partial charge in [0.2, 0.25) is 0 Å². The van der Waals surface area contributed by atoms with Gasteiger partial charge in [0.25, 0.3) is 0 Å². The summed E-state index contributed by atoms with van der Waals surface area (Å²) in [5, 5.41) is 0. The Morgan fingerprint density at radius 3 is 2.40 bits per heavy atom. The molecule has 0 unspecified atom stereocenters. The predicted molar refractivity (Wildman–Crippen MR) is 70.7 cm³/mol. The van der Waals surface area contributed by atoms with Crippen LogP contribution < -0.4 is 0 Å². The fourth-order valence-electron chi connectivity index (χ4n) is 1.95. The van der Waals surface area contributed by atoms with Crippen LogP contribution in [0.15, 0.2) is 36.7 Å². The molecule has 2 rings (SSSR count). The van der Waals surface area contributed by atoms with Gasteiger partial charge in [0.05, 0.1) is 16.9 Å². The van der Waals surface area contributed by atoms with Crippen LogP contribution in [0, 0.1) is 0 Å². The number of alkyl halides is 3. The highest BCUT2D eigenvalue weighted by Crippen LogP contribution is 2.41. The van der Waals surface area contributed by atoms with E-state index in [2.05, 4.69) is 4.98 Å². The zero-order valence-corrected chi connectivity index (χ0v) is 11.6. The molecule has 20 heavy (non-hydrogen) atoms. The van der Waals surface area contributed by atoms with Crippen molar-refractivity contribution >= 4 is 12.1 Å². The van der Waals surface area contributed by atoms with E-state index in [9.17, 15) is 17.1 Å². The van der Waals surface area contributed by atoms with Crippen molar-refractivity contribution in [1.29, 1.82) is 0 Å². The van der Waals surface area contributed by atoms with Gasteiger partial charge >= 0.3 is 6.30 Å². The Kier molecular flexibility index (Phi) is 3.82. The molecule has 0 fully saturated rings. The van der Waals surface area contributed by atoms with E-state index in [1.54, 1.807) is 32.0 Å². The lowest BCUT2D eigenvalue weighted by Gasteiger charge is -2.23. The van der Waals surface area contributed by atoms with E-state index in [1.807, 2.05) is 0 Å². The average Bonchev–Trinajstić information content (AvgIpc) is 2.88. The highest BCUT2D eigenvalue weighted by atomic mass is 32.2. The number of nitrogens with zero attached hydrogens (tertiary/aromatic N) is 2. The van der Waals surface area contributed by atoms with Gasteiger partial charge in [-0.05, 0) is 19.4 Å². The largest absolute Gasteiger partial charge is 0.490 e. The van der Waals surface area contributed by atoms with Gasteiger partial charge in [0.15, 0.2) is 0 Å². The van der Waals surface area contributed by atoms with Crippen molar-refractivity contribution in [3.05, 3.63) is 42.2 Å². The summed E-state index contributed by atoms with van der Waals surface area (Å²) in [6.07, 6.45) is -2.64. The molecule has 108 valence electrons. The van der Waals surface area contributed by atoms with Crippen LogP contribution in [0.25, 0.3) is 11.4 Å². The second kappa shape index (κ2) is 5.12. The first-order valence-electron chi connectivity index (χ1n) is 5.77. The maximum Gasteiger partial charge on any atom is 0.490 e. The summed E-state index contributed by atoms with van der Waals surface area (Å²) in [5.74, 6) is -0.241. The van der Waals surface area contributed by atoms with Gasteiger partial charge in [0.1, 0.15) is 5.82 Å². The third kappa shape index (κ3) is 2.67. The summed E-state index contributed by atoms with van der Waals surface area (Å²) in [5.41, 5.74) is 0.731. The number of benzene rings is 1. The van der Waals surface area contributed by atoms with Crippen LogP contribution in [0.1, 0.15) is 19.4 Å². The van der Waals surface area contributed by atoms with E-state index < -0.39 is 11.0 Å². The number of halogens is 4. The molecule has 1 aromatic heterocycles. The molecule has 0 amide bonds. The molecule has 0 radical (unpaired) electrons. The van der Waals surface area contributed by atoms with E-state index >= 15 is 0 Å². The first-order valence-corrected chi connectivity index (χ1v) is 6.49. The molecule has 0 spiro atoms. The van der Waals surface area contributed by atoms with Gasteiger partial charge in [-0.25, -0.2) is 9.55 Å². The van der Waals surface area contributed by atoms with Gasteiger partial charge in [-0.15, -0.1) is 13.2 Å². The molecular formula is C13H12F4N2S. The second-order valence-corrected chi connectivity index (χ2v) is 5.90. The van der Waals surface area contributed by atoms with Crippen LogP contribution in [0.3, 0.4) is 0 Å². The summed E-state index contributed by atoms with van der Waals surface area (Å²) < 4.78 is 51.0. The standard InChI is InChI=1S/C13H12F4N2S/c1-12(2,20-17)10-6-4-3-5-9(10)11-18-7-8-19(11)13(14,15)16/h3-8H,1-2H3. The van der Waals surface area contributed by atoms with Crippen molar-refractivity contribution in [2.45, 2.75) is 24.9 Å². The van der Waals surface area contributed by atoms with Crippen molar-refractivity contribution in [3.8, 4) is 11.4 Å². The lowest BCUT2D eigenvalue weighted by atomic mass is 9.96. The zero-order valence-electron chi connectivity index (χ0n) is 10.8. The molecule has 1 aromatic carbocycles. The third-order valence-corrected chi connectivity index (χ3v) is 3.53. The molecule has 0 aliphatic carbocycles. The van der Waals surface area contributed by atoms with E-state index in [0.29, 0.717) is 5.56 Å². The van der Waals surface area contributed by atoms with E-state index in [4.69, 9.17) is 0 Å². The Labute approximate surface area is 118 Å². The third-order valence-electron chi connectivity index (χ3n) is 2.92. The Bertz CT molecular complexity index is 604. The highest BCUT2D eigenvalue weighted by Gasteiger charge is 2.35. The lowest BCUT2D eigenvalue weighted by molar-refractivity contribution is -0.202. The van der Waals surface area contributed by atoms with Gasteiger partial charge in [0, 0.05) is 18.0 Å². The van der Waals surface area contributed by atoms with Crippen LogP contribution in [0.5, 0.6) is 0 Å². The topological polar surface area (TPSA) is 17.8 Å². The minimum Gasteiger partial charge on any atom is -0.241 e. The van der Waals surface area contributed by atoms with Gasteiger partial charge in [-0.1, -0.05) is 24.3 Å². The summed E-state index contributed by atoms with van der Waals surface area (Å²) in [6.45, 7) is 3.22. The number of hydrogen-bond donors (Lipinski definition) is 0. The Hall–Kier alpha value is -1.50. The fourth-order valence-corrected chi connectivity index (χ4v) is 2.21. The molecule has 0 saturated carbocycles. The predicted octanol–water partition coefficient (Wildman–Crippen LogP) is 4.88. The number of imidazole rings is 1. The van der Waals surface area contributed by atoms with Crippen molar-refractivity contribution in [3.63, 3.8) is 0 Å². The fraction of sp³-hybridized carbons (Fsp3) is 0.308. The maximum absolute atomic E-state index is 13.1. The quantitative estimate of drug-likeness (QED) is 0.752. The van der Waals surface area contributed by atoms with Crippen LogP contribution in [0.4, 0.5) is 17.1 Å². The Balaban J connectivity index is 2.64. The maximum atomic E-state index is 13.1. The first kappa shape index (κ1) is 14.9. The number of hydrogen-bond acceptors (Lipinski definition) is 2. The highest BCUT2D eigenvalue weighted by molar-refractivity contribution is 7.95. The average molecular weight is 304 g/mol. The minimum atomic E-state index is -4.56. The summed E-state index contributed by atoms with van der Waals surface area (Å²) in [4.78, 5) is 3.77. The van der Waals surface area contributed by atoms with Gasteiger partial charge in [-0.2, -0.15) is 3.89 Å². The van der Waals surface area contributed by atoms with Crippen LogP contribution in [-0.2, 0) is 11.0 Å². The SMILES string of the molecule is CC(C)(SF)c1ccccc1-c1nccn1C(F)(F)F. The molecule has 1 heterocycles. The first-order chi connectivity index (χ1) is 9.27. The van der Waals surface area contributed by atoms with E-state index in [1.165, 1.54) is 6.07 Å². The molecule has 0 aliphatic rings. The second-order valence-electron chi connectivity index (χ2n) is 4.72. The van der Waals surface area contributed by atoms with E-state index in [-0.39, 0.29) is 28.1 Å².